The van der Waals surface area contributed by atoms with E-state index in [1.807, 2.05) is 17.2 Å². The number of aromatic nitrogens is 1. The molecule has 2 atom stereocenters. The molecule has 1 N–H and O–H groups in total. The van der Waals surface area contributed by atoms with Crippen molar-refractivity contribution in [1.29, 1.82) is 0 Å². The third kappa shape index (κ3) is 3.99. The van der Waals surface area contributed by atoms with Crippen LogP contribution in [0, 0.1) is 0 Å². The average molecular weight is 372 g/mol. The van der Waals surface area contributed by atoms with Crippen LogP contribution in [0.15, 0.2) is 42.7 Å². The third-order valence-corrected chi connectivity index (χ3v) is 4.71. The number of carbonyl (C=O) groups is 1. The lowest BCUT2D eigenvalue weighted by atomic mass is 10.1. The Hall–Kier alpha value is -1.99. The Labute approximate surface area is 148 Å². The molecule has 2 heterocycles. The highest BCUT2D eigenvalue weighted by molar-refractivity contribution is 6.21. The van der Waals surface area contributed by atoms with Gasteiger partial charge in [0.1, 0.15) is 5.50 Å². The quantitative estimate of drug-likeness (QED) is 0.661. The van der Waals surface area contributed by atoms with E-state index >= 15 is 0 Å². The minimum atomic E-state index is -4.34. The molecule has 2 aromatic rings. The van der Waals surface area contributed by atoms with Crippen molar-refractivity contribution in [2.75, 3.05) is 6.54 Å². The smallest absolute Gasteiger partial charge is 0.349 e. The summed E-state index contributed by atoms with van der Waals surface area (Å²) in [7, 11) is 0. The second kappa shape index (κ2) is 6.72. The van der Waals surface area contributed by atoms with Gasteiger partial charge < -0.3 is 9.88 Å². The van der Waals surface area contributed by atoms with Gasteiger partial charge in [0.05, 0.1) is 11.6 Å². The standard InChI is InChI=1S/C17H17ClF3N3O/c1-11(25)22-15-10-24(16(15)18)9-12-6-7-23(8-12)14-4-2-13(3-5-14)17(19,20)21/h2-8,15-16H,9-10H2,1H3,(H,22,25). The zero-order valence-electron chi connectivity index (χ0n) is 13.4. The lowest BCUT2D eigenvalue weighted by Crippen LogP contribution is -2.63. The Morgan fingerprint density at radius 1 is 1.28 bits per heavy atom. The van der Waals surface area contributed by atoms with Gasteiger partial charge in [-0.2, -0.15) is 13.2 Å². The Bertz CT molecular complexity index is 757. The lowest BCUT2D eigenvalue weighted by molar-refractivity contribution is -0.137. The summed E-state index contributed by atoms with van der Waals surface area (Å²) in [6.45, 7) is 2.73. The first-order chi connectivity index (χ1) is 11.7. The molecule has 2 unspecified atom stereocenters. The first kappa shape index (κ1) is 17.8. The molecule has 25 heavy (non-hydrogen) atoms. The topological polar surface area (TPSA) is 37.3 Å². The van der Waals surface area contributed by atoms with E-state index in [-0.39, 0.29) is 17.5 Å². The van der Waals surface area contributed by atoms with Crippen molar-refractivity contribution >= 4 is 17.5 Å². The number of hydrogen-bond donors (Lipinski definition) is 1. The van der Waals surface area contributed by atoms with E-state index < -0.39 is 11.7 Å². The molecular weight excluding hydrogens is 355 g/mol. The molecule has 0 aliphatic carbocycles. The maximum Gasteiger partial charge on any atom is 0.416 e. The fraction of sp³-hybridized carbons (Fsp3) is 0.353. The van der Waals surface area contributed by atoms with Crippen molar-refractivity contribution in [3.05, 3.63) is 53.9 Å². The summed E-state index contributed by atoms with van der Waals surface area (Å²) in [5.41, 5.74) is 0.713. The van der Waals surface area contributed by atoms with Crippen molar-refractivity contribution in [3.8, 4) is 5.69 Å². The van der Waals surface area contributed by atoms with Crippen molar-refractivity contribution in [2.24, 2.45) is 0 Å². The number of carbonyl (C=O) groups excluding carboxylic acids is 1. The first-order valence-corrected chi connectivity index (χ1v) is 8.17. The van der Waals surface area contributed by atoms with Crippen molar-refractivity contribution in [2.45, 2.75) is 31.2 Å². The highest BCUT2D eigenvalue weighted by Gasteiger charge is 2.37. The van der Waals surface area contributed by atoms with Gasteiger partial charge in [0.15, 0.2) is 0 Å². The van der Waals surface area contributed by atoms with Crippen molar-refractivity contribution in [3.63, 3.8) is 0 Å². The van der Waals surface area contributed by atoms with E-state index in [0.29, 0.717) is 18.8 Å². The zero-order valence-corrected chi connectivity index (χ0v) is 14.2. The van der Waals surface area contributed by atoms with Gasteiger partial charge in [-0.3, -0.25) is 9.69 Å². The molecule has 1 aromatic heterocycles. The molecule has 1 fully saturated rings. The fourth-order valence-electron chi connectivity index (χ4n) is 2.84. The second-order valence-electron chi connectivity index (χ2n) is 6.08. The van der Waals surface area contributed by atoms with Crippen LogP contribution in [0.3, 0.4) is 0 Å². The van der Waals surface area contributed by atoms with E-state index in [9.17, 15) is 18.0 Å². The fourth-order valence-corrected chi connectivity index (χ4v) is 3.13. The number of nitrogens with one attached hydrogen (secondary N) is 1. The summed E-state index contributed by atoms with van der Waals surface area (Å²) in [5, 5.41) is 2.78. The number of nitrogens with zero attached hydrogens (tertiary/aromatic N) is 2. The normalized spacial score (nSPS) is 21.0. The third-order valence-electron chi connectivity index (χ3n) is 4.13. The maximum atomic E-state index is 12.6. The van der Waals surface area contributed by atoms with Crippen LogP contribution >= 0.6 is 11.6 Å². The summed E-state index contributed by atoms with van der Waals surface area (Å²) in [5.74, 6) is -0.108. The largest absolute Gasteiger partial charge is 0.416 e. The summed E-state index contributed by atoms with van der Waals surface area (Å²) in [4.78, 5) is 13.1. The van der Waals surface area contributed by atoms with E-state index in [1.165, 1.54) is 19.1 Å². The van der Waals surface area contributed by atoms with Gasteiger partial charge in [0, 0.05) is 38.1 Å². The van der Waals surface area contributed by atoms with Gasteiger partial charge in [0.25, 0.3) is 0 Å². The molecule has 1 aromatic carbocycles. The lowest BCUT2D eigenvalue weighted by Gasteiger charge is -2.44. The molecule has 3 rings (SSSR count). The molecule has 4 nitrogen and oxygen atoms in total. The second-order valence-corrected chi connectivity index (χ2v) is 6.53. The van der Waals surface area contributed by atoms with E-state index in [4.69, 9.17) is 11.6 Å². The van der Waals surface area contributed by atoms with Crippen molar-refractivity contribution < 1.29 is 18.0 Å². The Kier molecular flexibility index (Phi) is 4.79. The molecule has 0 saturated carbocycles. The maximum absolute atomic E-state index is 12.6. The summed E-state index contributed by atoms with van der Waals surface area (Å²) in [6.07, 6.45) is -0.679. The molecule has 134 valence electrons. The zero-order chi connectivity index (χ0) is 18.2. The Morgan fingerprint density at radius 3 is 2.52 bits per heavy atom. The molecule has 1 amide bonds. The van der Waals surface area contributed by atoms with Crippen molar-refractivity contribution in [1.82, 2.24) is 14.8 Å². The van der Waals surface area contributed by atoms with Gasteiger partial charge in [-0.25, -0.2) is 0 Å². The van der Waals surface area contributed by atoms with Gasteiger partial charge in [-0.05, 0) is 35.9 Å². The number of hydrogen-bond acceptors (Lipinski definition) is 2. The summed E-state index contributed by atoms with van der Waals surface area (Å²) < 4.78 is 39.6. The van der Waals surface area contributed by atoms with Gasteiger partial charge >= 0.3 is 6.18 Å². The van der Waals surface area contributed by atoms with Crippen LogP contribution in [0.1, 0.15) is 18.1 Å². The number of rotatable bonds is 4. The van der Waals surface area contributed by atoms with E-state index in [0.717, 1.165) is 17.7 Å². The van der Waals surface area contributed by atoms with Gasteiger partial charge in [0.2, 0.25) is 5.91 Å². The highest BCUT2D eigenvalue weighted by atomic mass is 35.5. The number of amides is 1. The van der Waals surface area contributed by atoms with Crippen LogP contribution in [0.2, 0.25) is 0 Å². The predicted octanol–water partition coefficient (Wildman–Crippen LogP) is 3.38. The van der Waals surface area contributed by atoms with Crippen LogP contribution in [0.25, 0.3) is 5.69 Å². The number of likely N-dealkylation sites (tertiary alicyclic amines) is 1. The van der Waals surface area contributed by atoms with Crippen LogP contribution < -0.4 is 5.32 Å². The van der Waals surface area contributed by atoms with E-state index in [1.54, 1.807) is 10.8 Å². The van der Waals surface area contributed by atoms with Crippen LogP contribution in [0.5, 0.6) is 0 Å². The van der Waals surface area contributed by atoms with Crippen LogP contribution in [0.4, 0.5) is 13.2 Å². The molecule has 1 aliphatic rings. The SMILES string of the molecule is CC(=O)NC1CN(Cc2ccn(-c3ccc(C(F)(F)F)cc3)c2)C1Cl. The summed E-state index contributed by atoms with van der Waals surface area (Å²) in [6, 6.07) is 6.85. The number of benzene rings is 1. The Morgan fingerprint density at radius 2 is 1.96 bits per heavy atom. The van der Waals surface area contributed by atoms with Crippen LogP contribution in [-0.4, -0.2) is 33.5 Å². The molecule has 1 aliphatic heterocycles. The molecule has 0 radical (unpaired) electrons. The molecule has 0 spiro atoms. The number of halogens is 4. The van der Waals surface area contributed by atoms with Gasteiger partial charge in [-0.15, -0.1) is 11.6 Å². The predicted molar refractivity (Wildman–Crippen MR) is 88.4 cm³/mol. The molecule has 8 heteroatoms. The monoisotopic (exact) mass is 371 g/mol. The number of alkyl halides is 4. The van der Waals surface area contributed by atoms with Gasteiger partial charge in [-0.1, -0.05) is 0 Å². The van der Waals surface area contributed by atoms with E-state index in [2.05, 4.69) is 5.32 Å². The highest BCUT2D eigenvalue weighted by Crippen LogP contribution is 2.30. The van der Waals surface area contributed by atoms with Crippen LogP contribution in [-0.2, 0) is 17.5 Å². The summed E-state index contributed by atoms with van der Waals surface area (Å²) >= 11 is 6.26. The minimum absolute atomic E-state index is 0.0591. The average Bonchev–Trinajstić information content (AvgIpc) is 3.01. The first-order valence-electron chi connectivity index (χ1n) is 7.74. The molecule has 0 bridgehead atoms. The molecule has 1 saturated heterocycles. The Balaban J connectivity index is 1.62. The minimum Gasteiger partial charge on any atom is -0.349 e. The molecular formula is C17H17ClF3N3O.